The van der Waals surface area contributed by atoms with E-state index in [-0.39, 0.29) is 5.91 Å². The highest BCUT2D eigenvalue weighted by molar-refractivity contribution is 5.76. The van der Waals surface area contributed by atoms with Gasteiger partial charge in [-0.3, -0.25) is 14.7 Å². The molecule has 1 fully saturated rings. The van der Waals surface area contributed by atoms with Crippen molar-refractivity contribution in [2.24, 2.45) is 0 Å². The first-order valence-electron chi connectivity index (χ1n) is 6.30. The molecule has 1 amide bonds. The molecule has 5 nitrogen and oxygen atoms in total. The summed E-state index contributed by atoms with van der Waals surface area (Å²) in [6, 6.07) is 3.82. The zero-order chi connectivity index (χ0) is 12.6. The largest absolute Gasteiger partial charge is 0.379 e. The SMILES string of the molecule is O=C(CCN1CCOCC1)NCc1cccnc1. The van der Waals surface area contributed by atoms with Crippen LogP contribution >= 0.6 is 0 Å². The van der Waals surface area contributed by atoms with E-state index in [9.17, 15) is 4.79 Å². The lowest BCUT2D eigenvalue weighted by atomic mass is 10.2. The maximum Gasteiger partial charge on any atom is 0.221 e. The van der Waals surface area contributed by atoms with E-state index in [1.54, 1.807) is 12.4 Å². The Morgan fingerprint density at radius 1 is 1.44 bits per heavy atom. The van der Waals surface area contributed by atoms with Gasteiger partial charge in [-0.1, -0.05) is 6.07 Å². The molecule has 98 valence electrons. The molecule has 18 heavy (non-hydrogen) atoms. The minimum absolute atomic E-state index is 0.0883. The minimum atomic E-state index is 0.0883. The predicted octanol–water partition coefficient (Wildman–Crippen LogP) is 0.420. The van der Waals surface area contributed by atoms with Gasteiger partial charge >= 0.3 is 0 Å². The number of hydrogen-bond donors (Lipinski definition) is 1. The Morgan fingerprint density at radius 2 is 2.28 bits per heavy atom. The number of nitrogens with one attached hydrogen (secondary N) is 1. The van der Waals surface area contributed by atoms with Gasteiger partial charge in [-0.25, -0.2) is 0 Å². The van der Waals surface area contributed by atoms with Crippen molar-refractivity contribution in [1.29, 1.82) is 0 Å². The van der Waals surface area contributed by atoms with Crippen molar-refractivity contribution in [3.05, 3.63) is 30.1 Å². The van der Waals surface area contributed by atoms with Crippen molar-refractivity contribution in [3.8, 4) is 0 Å². The summed E-state index contributed by atoms with van der Waals surface area (Å²) < 4.78 is 5.26. The van der Waals surface area contributed by atoms with Crippen LogP contribution in [0.5, 0.6) is 0 Å². The molecule has 1 aliphatic rings. The Morgan fingerprint density at radius 3 is 3.00 bits per heavy atom. The predicted molar refractivity (Wildman–Crippen MR) is 68.0 cm³/mol. The van der Waals surface area contributed by atoms with Gasteiger partial charge < -0.3 is 10.1 Å². The molecule has 0 atom stereocenters. The molecule has 1 aromatic heterocycles. The molecule has 1 aromatic rings. The maximum absolute atomic E-state index is 11.7. The van der Waals surface area contributed by atoms with E-state index < -0.39 is 0 Å². The summed E-state index contributed by atoms with van der Waals surface area (Å²) in [5.74, 6) is 0.0883. The second-order valence-corrected chi connectivity index (χ2v) is 4.34. The fourth-order valence-electron chi connectivity index (χ4n) is 1.88. The number of amides is 1. The standard InChI is InChI=1S/C13H19N3O2/c17-13(3-5-16-6-8-18-9-7-16)15-11-12-2-1-4-14-10-12/h1-2,4,10H,3,5-9,11H2,(H,15,17). The summed E-state index contributed by atoms with van der Waals surface area (Å²) in [5.41, 5.74) is 1.03. The zero-order valence-corrected chi connectivity index (χ0v) is 10.5. The molecule has 1 N–H and O–H groups in total. The summed E-state index contributed by atoms with van der Waals surface area (Å²) in [6.45, 7) is 4.76. The molecular formula is C13H19N3O2. The van der Waals surface area contributed by atoms with Crippen molar-refractivity contribution in [3.63, 3.8) is 0 Å². The number of ether oxygens (including phenoxy) is 1. The lowest BCUT2D eigenvalue weighted by Crippen LogP contribution is -2.38. The van der Waals surface area contributed by atoms with E-state index in [0.29, 0.717) is 13.0 Å². The molecule has 5 heteroatoms. The number of carbonyl (C=O) groups excluding carboxylic acids is 1. The summed E-state index contributed by atoms with van der Waals surface area (Å²) >= 11 is 0. The lowest BCUT2D eigenvalue weighted by Gasteiger charge is -2.26. The summed E-state index contributed by atoms with van der Waals surface area (Å²) in [7, 11) is 0. The number of hydrogen-bond acceptors (Lipinski definition) is 4. The van der Waals surface area contributed by atoms with E-state index in [1.165, 1.54) is 0 Å². The van der Waals surface area contributed by atoms with Crippen molar-refractivity contribution in [1.82, 2.24) is 15.2 Å². The highest BCUT2D eigenvalue weighted by Gasteiger charge is 2.11. The van der Waals surface area contributed by atoms with Gasteiger partial charge in [0.1, 0.15) is 0 Å². The Hall–Kier alpha value is -1.46. The first-order valence-corrected chi connectivity index (χ1v) is 6.30. The van der Waals surface area contributed by atoms with Gasteiger partial charge in [0.2, 0.25) is 5.91 Å². The average Bonchev–Trinajstić information content (AvgIpc) is 2.45. The monoisotopic (exact) mass is 249 g/mol. The van der Waals surface area contributed by atoms with Gasteiger partial charge in [0.15, 0.2) is 0 Å². The van der Waals surface area contributed by atoms with Crippen LogP contribution in [0.3, 0.4) is 0 Å². The van der Waals surface area contributed by atoms with Crippen LogP contribution in [0.15, 0.2) is 24.5 Å². The Kier molecular flexibility index (Phi) is 5.11. The number of aromatic nitrogens is 1. The third-order valence-corrected chi connectivity index (χ3v) is 2.97. The van der Waals surface area contributed by atoms with E-state index in [1.807, 2.05) is 12.1 Å². The topological polar surface area (TPSA) is 54.5 Å². The van der Waals surface area contributed by atoms with Gasteiger partial charge in [0.25, 0.3) is 0 Å². The van der Waals surface area contributed by atoms with Crippen LogP contribution in [0.4, 0.5) is 0 Å². The molecule has 0 radical (unpaired) electrons. The molecule has 0 aromatic carbocycles. The van der Waals surface area contributed by atoms with Crippen molar-refractivity contribution in [2.45, 2.75) is 13.0 Å². The fourth-order valence-corrected chi connectivity index (χ4v) is 1.88. The second kappa shape index (κ2) is 7.08. The third-order valence-electron chi connectivity index (χ3n) is 2.97. The normalized spacial score (nSPS) is 16.4. The quantitative estimate of drug-likeness (QED) is 0.821. The Balaban J connectivity index is 1.63. The Labute approximate surface area is 107 Å². The molecule has 1 saturated heterocycles. The summed E-state index contributed by atoms with van der Waals surface area (Å²) in [6.07, 6.45) is 4.03. The van der Waals surface area contributed by atoms with E-state index in [2.05, 4.69) is 15.2 Å². The zero-order valence-electron chi connectivity index (χ0n) is 10.5. The van der Waals surface area contributed by atoms with Gasteiger partial charge in [-0.05, 0) is 11.6 Å². The second-order valence-electron chi connectivity index (χ2n) is 4.34. The number of rotatable bonds is 5. The Bertz CT molecular complexity index is 364. The molecule has 0 aliphatic carbocycles. The van der Waals surface area contributed by atoms with Gasteiger partial charge in [0.05, 0.1) is 13.2 Å². The molecule has 1 aliphatic heterocycles. The van der Waals surface area contributed by atoms with Crippen molar-refractivity contribution >= 4 is 5.91 Å². The molecule has 0 spiro atoms. The van der Waals surface area contributed by atoms with Crippen LogP contribution in [0.25, 0.3) is 0 Å². The van der Waals surface area contributed by atoms with Crippen LogP contribution < -0.4 is 5.32 Å². The first-order chi connectivity index (χ1) is 8.84. The fraction of sp³-hybridized carbons (Fsp3) is 0.538. The molecule has 0 unspecified atom stereocenters. The van der Waals surface area contributed by atoms with Crippen LogP contribution in [-0.4, -0.2) is 48.6 Å². The van der Waals surface area contributed by atoms with Gasteiger partial charge in [-0.15, -0.1) is 0 Å². The number of morpholine rings is 1. The van der Waals surface area contributed by atoms with Crippen LogP contribution in [-0.2, 0) is 16.1 Å². The van der Waals surface area contributed by atoms with Crippen molar-refractivity contribution < 1.29 is 9.53 Å². The van der Waals surface area contributed by atoms with E-state index >= 15 is 0 Å². The van der Waals surface area contributed by atoms with Crippen LogP contribution in [0.2, 0.25) is 0 Å². The first kappa shape index (κ1) is 13.0. The molecule has 2 rings (SSSR count). The van der Waals surface area contributed by atoms with Crippen LogP contribution in [0.1, 0.15) is 12.0 Å². The third kappa shape index (κ3) is 4.43. The number of carbonyl (C=O) groups is 1. The summed E-state index contributed by atoms with van der Waals surface area (Å²) in [5, 5.41) is 2.90. The highest BCUT2D eigenvalue weighted by Crippen LogP contribution is 1.99. The minimum Gasteiger partial charge on any atom is -0.379 e. The smallest absolute Gasteiger partial charge is 0.221 e. The molecule has 0 saturated carbocycles. The van der Waals surface area contributed by atoms with E-state index in [0.717, 1.165) is 38.4 Å². The molecule has 0 bridgehead atoms. The van der Waals surface area contributed by atoms with Gasteiger partial charge in [-0.2, -0.15) is 0 Å². The van der Waals surface area contributed by atoms with Gasteiger partial charge in [0, 0.05) is 45.0 Å². The number of nitrogens with zero attached hydrogens (tertiary/aromatic N) is 2. The van der Waals surface area contributed by atoms with Crippen LogP contribution in [0, 0.1) is 0 Å². The average molecular weight is 249 g/mol. The van der Waals surface area contributed by atoms with Crippen molar-refractivity contribution in [2.75, 3.05) is 32.8 Å². The lowest BCUT2D eigenvalue weighted by molar-refractivity contribution is -0.121. The maximum atomic E-state index is 11.7. The highest BCUT2D eigenvalue weighted by atomic mass is 16.5. The number of pyridine rings is 1. The summed E-state index contributed by atoms with van der Waals surface area (Å²) in [4.78, 5) is 17.9. The molecular weight excluding hydrogens is 230 g/mol. The molecule has 2 heterocycles. The van der Waals surface area contributed by atoms with E-state index in [4.69, 9.17) is 4.74 Å².